The molecule has 1 amide bonds. The molecule has 2 aromatic rings. The molecule has 3 rings (SSSR count). The maximum atomic E-state index is 13.0. The lowest BCUT2D eigenvalue weighted by Gasteiger charge is -2.25. The molecule has 2 heterocycles. The lowest BCUT2D eigenvalue weighted by Crippen LogP contribution is -2.37. The van der Waals surface area contributed by atoms with E-state index in [0.717, 1.165) is 12.8 Å². The van der Waals surface area contributed by atoms with Gasteiger partial charge in [0.15, 0.2) is 0 Å². The number of ether oxygens (including phenoxy) is 2. The van der Waals surface area contributed by atoms with Crippen LogP contribution >= 0.6 is 0 Å². The molecular formula is C18H18F2N2O3. The monoisotopic (exact) mass is 348 g/mol. The number of pyridine rings is 1. The summed E-state index contributed by atoms with van der Waals surface area (Å²) < 4.78 is 34.8. The second kappa shape index (κ2) is 8.02. The van der Waals surface area contributed by atoms with Crippen LogP contribution in [0.5, 0.6) is 5.75 Å². The average Bonchev–Trinajstić information content (AvgIpc) is 3.13. The summed E-state index contributed by atoms with van der Waals surface area (Å²) in [5.74, 6) is -0.353. The first-order valence-electron chi connectivity index (χ1n) is 8.02. The lowest BCUT2D eigenvalue weighted by atomic mass is 10.1. The van der Waals surface area contributed by atoms with Crippen LogP contribution in [-0.2, 0) is 4.74 Å². The van der Waals surface area contributed by atoms with Crippen LogP contribution in [0, 0.1) is 0 Å². The Morgan fingerprint density at radius 3 is 2.80 bits per heavy atom. The van der Waals surface area contributed by atoms with Crippen LogP contribution in [-0.4, -0.2) is 36.8 Å². The number of hydrogen-bond acceptors (Lipinski definition) is 4. The second-order valence-corrected chi connectivity index (χ2v) is 5.66. The first kappa shape index (κ1) is 17.3. The van der Waals surface area contributed by atoms with Crippen molar-refractivity contribution in [2.45, 2.75) is 25.6 Å². The molecule has 7 heteroatoms. The van der Waals surface area contributed by atoms with Gasteiger partial charge in [0.25, 0.3) is 5.91 Å². The Labute approximate surface area is 144 Å². The molecule has 1 aliphatic heterocycles. The molecular weight excluding hydrogens is 330 g/mol. The van der Waals surface area contributed by atoms with Gasteiger partial charge in [0.2, 0.25) is 0 Å². The third-order valence-corrected chi connectivity index (χ3v) is 3.94. The maximum absolute atomic E-state index is 13.0. The van der Waals surface area contributed by atoms with E-state index in [-0.39, 0.29) is 23.3 Å². The maximum Gasteiger partial charge on any atom is 0.387 e. The minimum atomic E-state index is -2.94. The number of rotatable bonds is 6. The number of halogens is 2. The van der Waals surface area contributed by atoms with E-state index in [4.69, 9.17) is 4.74 Å². The fourth-order valence-electron chi connectivity index (χ4n) is 2.78. The molecule has 0 aliphatic carbocycles. The van der Waals surface area contributed by atoms with E-state index in [9.17, 15) is 13.6 Å². The highest BCUT2D eigenvalue weighted by molar-refractivity contribution is 6.06. The van der Waals surface area contributed by atoms with Crippen LogP contribution in [0.2, 0.25) is 0 Å². The van der Waals surface area contributed by atoms with E-state index in [1.54, 1.807) is 35.5 Å². The summed E-state index contributed by atoms with van der Waals surface area (Å²) in [6.45, 7) is -1.86. The van der Waals surface area contributed by atoms with Gasteiger partial charge in [-0.25, -0.2) is 0 Å². The highest BCUT2D eigenvalue weighted by Crippen LogP contribution is 2.23. The Morgan fingerprint density at radius 2 is 2.12 bits per heavy atom. The fraction of sp³-hybridized carbons (Fsp3) is 0.333. The number of alkyl halides is 2. The predicted molar refractivity (Wildman–Crippen MR) is 88.0 cm³/mol. The molecule has 1 atom stereocenters. The summed E-state index contributed by atoms with van der Waals surface area (Å²) in [6, 6.07) is 9.25. The van der Waals surface area contributed by atoms with Crippen LogP contribution in [0.4, 0.5) is 14.5 Å². The van der Waals surface area contributed by atoms with E-state index < -0.39 is 6.61 Å². The zero-order valence-corrected chi connectivity index (χ0v) is 13.5. The molecule has 0 radical (unpaired) electrons. The largest absolute Gasteiger partial charge is 0.435 e. The molecule has 0 unspecified atom stereocenters. The van der Waals surface area contributed by atoms with Crippen LogP contribution in [0.1, 0.15) is 23.2 Å². The molecule has 1 fully saturated rings. The fourth-order valence-corrected chi connectivity index (χ4v) is 2.78. The molecule has 0 spiro atoms. The normalized spacial score (nSPS) is 16.8. The zero-order valence-electron chi connectivity index (χ0n) is 13.5. The van der Waals surface area contributed by atoms with Crippen LogP contribution < -0.4 is 9.64 Å². The van der Waals surface area contributed by atoms with Gasteiger partial charge in [-0.2, -0.15) is 8.78 Å². The molecule has 5 nitrogen and oxygen atoms in total. The number of anilines is 1. The van der Waals surface area contributed by atoms with Gasteiger partial charge < -0.3 is 14.4 Å². The van der Waals surface area contributed by atoms with Crippen molar-refractivity contribution in [2.75, 3.05) is 18.1 Å². The second-order valence-electron chi connectivity index (χ2n) is 5.66. The van der Waals surface area contributed by atoms with Crippen molar-refractivity contribution in [3.8, 4) is 5.75 Å². The Bertz CT molecular complexity index is 706. The Balaban J connectivity index is 1.85. The quantitative estimate of drug-likeness (QED) is 0.802. The van der Waals surface area contributed by atoms with Crippen molar-refractivity contribution in [3.63, 3.8) is 0 Å². The Kier molecular flexibility index (Phi) is 5.55. The van der Waals surface area contributed by atoms with Gasteiger partial charge in [-0.15, -0.1) is 0 Å². The smallest absolute Gasteiger partial charge is 0.387 e. The molecule has 1 aromatic carbocycles. The van der Waals surface area contributed by atoms with E-state index in [1.165, 1.54) is 18.2 Å². The van der Waals surface area contributed by atoms with Crippen molar-refractivity contribution < 1.29 is 23.0 Å². The number of carbonyl (C=O) groups is 1. The minimum absolute atomic E-state index is 0.0439. The molecule has 132 valence electrons. The summed E-state index contributed by atoms with van der Waals surface area (Å²) in [7, 11) is 0. The number of nitrogens with zero attached hydrogens (tertiary/aromatic N) is 2. The van der Waals surface area contributed by atoms with Crippen molar-refractivity contribution >= 4 is 11.6 Å². The Morgan fingerprint density at radius 1 is 1.32 bits per heavy atom. The summed E-state index contributed by atoms with van der Waals surface area (Å²) in [5.41, 5.74) is 0.948. The average molecular weight is 348 g/mol. The highest BCUT2D eigenvalue weighted by atomic mass is 19.3. The third kappa shape index (κ3) is 4.51. The van der Waals surface area contributed by atoms with E-state index >= 15 is 0 Å². The predicted octanol–water partition coefficient (Wildman–Crippen LogP) is 3.51. The minimum Gasteiger partial charge on any atom is -0.435 e. The van der Waals surface area contributed by atoms with Crippen molar-refractivity contribution in [2.24, 2.45) is 0 Å². The summed E-state index contributed by atoms with van der Waals surface area (Å²) in [4.78, 5) is 18.5. The van der Waals surface area contributed by atoms with E-state index in [2.05, 4.69) is 9.72 Å². The summed E-state index contributed by atoms with van der Waals surface area (Å²) >= 11 is 0. The molecule has 1 saturated heterocycles. The first-order chi connectivity index (χ1) is 12.1. The van der Waals surface area contributed by atoms with Gasteiger partial charge in [0.05, 0.1) is 12.6 Å². The van der Waals surface area contributed by atoms with Gasteiger partial charge in [-0.3, -0.25) is 9.78 Å². The number of carbonyl (C=O) groups excluding carboxylic acids is 1. The number of aromatic nitrogens is 1. The number of hydrogen-bond donors (Lipinski definition) is 0. The molecule has 25 heavy (non-hydrogen) atoms. The van der Waals surface area contributed by atoms with Gasteiger partial charge in [-0.1, -0.05) is 6.07 Å². The molecule has 0 bridgehead atoms. The SMILES string of the molecule is O=C(c1cccc(OC(F)F)c1)N(C[C@H]1CCCO1)c1ccncc1. The summed E-state index contributed by atoms with van der Waals surface area (Å²) in [6.07, 6.45) is 4.99. The number of amides is 1. The van der Waals surface area contributed by atoms with Gasteiger partial charge >= 0.3 is 6.61 Å². The molecule has 1 aliphatic rings. The first-order valence-corrected chi connectivity index (χ1v) is 8.02. The van der Waals surface area contributed by atoms with Crippen molar-refractivity contribution in [3.05, 3.63) is 54.4 Å². The lowest BCUT2D eigenvalue weighted by molar-refractivity contribution is -0.0498. The van der Waals surface area contributed by atoms with Crippen molar-refractivity contribution in [1.82, 2.24) is 4.98 Å². The standard InChI is InChI=1S/C18H18F2N2O3/c19-18(20)25-15-4-1-3-13(11-15)17(23)22(12-16-5-2-10-24-16)14-6-8-21-9-7-14/h1,3-4,6-9,11,16,18H,2,5,10,12H2/t16-/m1/s1. The molecule has 1 aromatic heterocycles. The van der Waals surface area contributed by atoms with E-state index in [1.807, 2.05) is 0 Å². The van der Waals surface area contributed by atoms with Gasteiger partial charge in [0.1, 0.15) is 5.75 Å². The molecule has 0 saturated carbocycles. The zero-order chi connectivity index (χ0) is 17.6. The highest BCUT2D eigenvalue weighted by Gasteiger charge is 2.25. The summed E-state index contributed by atoms with van der Waals surface area (Å²) in [5, 5.41) is 0. The van der Waals surface area contributed by atoms with Crippen LogP contribution in [0.25, 0.3) is 0 Å². The van der Waals surface area contributed by atoms with Gasteiger partial charge in [-0.05, 0) is 43.2 Å². The topological polar surface area (TPSA) is 51.7 Å². The van der Waals surface area contributed by atoms with Crippen molar-refractivity contribution in [1.29, 1.82) is 0 Å². The van der Waals surface area contributed by atoms with E-state index in [0.29, 0.717) is 18.8 Å². The van der Waals surface area contributed by atoms with Crippen LogP contribution in [0.15, 0.2) is 48.8 Å². The third-order valence-electron chi connectivity index (χ3n) is 3.94. The Hall–Kier alpha value is -2.54. The van der Waals surface area contributed by atoms with Crippen LogP contribution in [0.3, 0.4) is 0 Å². The van der Waals surface area contributed by atoms with Gasteiger partial charge in [0, 0.05) is 30.3 Å². The number of benzene rings is 1. The molecule has 0 N–H and O–H groups in total.